The van der Waals surface area contributed by atoms with Gasteiger partial charge in [0.15, 0.2) is 5.78 Å². The minimum absolute atomic E-state index is 0.158. The van der Waals surface area contributed by atoms with E-state index >= 15 is 0 Å². The van der Waals surface area contributed by atoms with Gasteiger partial charge in [-0.2, -0.15) is 0 Å². The zero-order valence-corrected chi connectivity index (χ0v) is 22.4. The van der Waals surface area contributed by atoms with Gasteiger partial charge in [0.2, 0.25) is 0 Å². The van der Waals surface area contributed by atoms with E-state index < -0.39 is 5.41 Å². The maximum absolute atomic E-state index is 12.8. The van der Waals surface area contributed by atoms with Gasteiger partial charge in [-0.15, -0.1) is 0 Å². The van der Waals surface area contributed by atoms with Crippen molar-refractivity contribution in [1.29, 1.82) is 0 Å². The van der Waals surface area contributed by atoms with Gasteiger partial charge in [0.05, 0.1) is 12.5 Å². The summed E-state index contributed by atoms with van der Waals surface area (Å²) in [4.78, 5) is 27.3. The van der Waals surface area contributed by atoms with Crippen LogP contribution in [0.2, 0.25) is 0 Å². The Morgan fingerprint density at radius 3 is 1.92 bits per heavy atom. The number of carbonyl (C=O) groups is 2. The van der Waals surface area contributed by atoms with Gasteiger partial charge >= 0.3 is 5.97 Å². The van der Waals surface area contributed by atoms with Gasteiger partial charge in [0, 0.05) is 17.9 Å². The molecule has 1 aliphatic rings. The number of carbonyl (C=O) groups excluding carboxylic acids is 2. The number of rotatable bonds is 10. The molecule has 0 radical (unpaired) electrons. The molecule has 3 aromatic rings. The summed E-state index contributed by atoms with van der Waals surface area (Å²) in [6, 6.07) is 29.2. The predicted octanol–water partition coefficient (Wildman–Crippen LogP) is 6.64. The summed E-state index contributed by atoms with van der Waals surface area (Å²) in [5.41, 5.74) is 3.62. The minimum Gasteiger partial charge on any atom is -0.468 e. The van der Waals surface area contributed by atoms with Crippen molar-refractivity contribution in [3.05, 3.63) is 107 Å². The number of likely N-dealkylation sites (tertiary alicyclic amines) is 1. The highest BCUT2D eigenvalue weighted by molar-refractivity contribution is 5.96. The molecule has 0 bridgehead atoms. The van der Waals surface area contributed by atoms with Crippen LogP contribution in [0.3, 0.4) is 0 Å². The van der Waals surface area contributed by atoms with E-state index in [9.17, 15) is 9.59 Å². The molecular formula is C33H39NO3. The molecule has 1 saturated heterocycles. The summed E-state index contributed by atoms with van der Waals surface area (Å²) in [5.74, 6) is 0.924. The van der Waals surface area contributed by atoms with E-state index in [4.69, 9.17) is 4.74 Å². The maximum Gasteiger partial charge on any atom is 0.315 e. The third-order valence-electron chi connectivity index (χ3n) is 7.92. The lowest BCUT2D eigenvalue weighted by Crippen LogP contribution is -2.36. The Labute approximate surface area is 221 Å². The summed E-state index contributed by atoms with van der Waals surface area (Å²) in [5, 5.41) is 0. The molecule has 37 heavy (non-hydrogen) atoms. The van der Waals surface area contributed by atoms with E-state index in [2.05, 4.69) is 65.6 Å². The number of esters is 1. The average molecular weight is 498 g/mol. The molecular weight excluding hydrogens is 458 g/mol. The van der Waals surface area contributed by atoms with Gasteiger partial charge in [-0.3, -0.25) is 9.59 Å². The van der Waals surface area contributed by atoms with Crippen molar-refractivity contribution in [3.63, 3.8) is 0 Å². The van der Waals surface area contributed by atoms with Crippen LogP contribution in [0.5, 0.6) is 0 Å². The zero-order valence-electron chi connectivity index (χ0n) is 22.4. The van der Waals surface area contributed by atoms with Gasteiger partial charge in [-0.1, -0.05) is 84.9 Å². The SMILES string of the molecule is COC(=O)C(C)(C)c1ccc(C(=O)CCCN2CCC(C(c3ccccc3)c3ccccc3)CC2)cc1. The first-order valence-corrected chi connectivity index (χ1v) is 13.4. The fraction of sp³-hybridized carbons (Fsp3) is 0.394. The molecule has 1 fully saturated rings. The summed E-state index contributed by atoms with van der Waals surface area (Å²) >= 11 is 0. The third-order valence-corrected chi connectivity index (χ3v) is 7.92. The molecule has 1 aliphatic heterocycles. The van der Waals surface area contributed by atoms with Gasteiger partial charge in [0.1, 0.15) is 0 Å². The topological polar surface area (TPSA) is 46.6 Å². The van der Waals surface area contributed by atoms with Crippen molar-refractivity contribution in [1.82, 2.24) is 4.90 Å². The average Bonchev–Trinajstić information content (AvgIpc) is 2.94. The summed E-state index contributed by atoms with van der Waals surface area (Å²) in [7, 11) is 1.40. The Morgan fingerprint density at radius 1 is 0.865 bits per heavy atom. The molecule has 0 unspecified atom stereocenters. The van der Waals surface area contributed by atoms with Crippen LogP contribution in [0.4, 0.5) is 0 Å². The Morgan fingerprint density at radius 2 is 1.41 bits per heavy atom. The lowest BCUT2D eigenvalue weighted by Gasteiger charge is -2.36. The number of hydrogen-bond donors (Lipinski definition) is 0. The normalized spacial score (nSPS) is 15.0. The maximum atomic E-state index is 12.8. The molecule has 0 atom stereocenters. The number of ether oxygens (including phenoxy) is 1. The van der Waals surface area contributed by atoms with Crippen LogP contribution in [0, 0.1) is 5.92 Å². The first-order chi connectivity index (χ1) is 17.9. The minimum atomic E-state index is -0.734. The van der Waals surface area contributed by atoms with Crippen LogP contribution >= 0.6 is 0 Å². The molecule has 194 valence electrons. The number of benzene rings is 3. The smallest absolute Gasteiger partial charge is 0.315 e. The first kappa shape index (κ1) is 26.8. The predicted molar refractivity (Wildman–Crippen MR) is 149 cm³/mol. The van der Waals surface area contributed by atoms with Gasteiger partial charge < -0.3 is 9.64 Å². The van der Waals surface area contributed by atoms with E-state index in [1.54, 1.807) is 0 Å². The molecule has 1 heterocycles. The monoisotopic (exact) mass is 497 g/mol. The van der Waals surface area contributed by atoms with Crippen molar-refractivity contribution < 1.29 is 14.3 Å². The van der Waals surface area contributed by atoms with Gasteiger partial charge in [-0.05, 0) is 75.4 Å². The summed E-state index contributed by atoms with van der Waals surface area (Å²) in [6.45, 7) is 6.77. The molecule has 0 amide bonds. The van der Waals surface area contributed by atoms with Crippen LogP contribution in [0.1, 0.15) is 72.5 Å². The second-order valence-corrected chi connectivity index (χ2v) is 10.7. The lowest BCUT2D eigenvalue weighted by molar-refractivity contribution is -0.146. The highest BCUT2D eigenvalue weighted by Crippen LogP contribution is 2.38. The van der Waals surface area contributed by atoms with Crippen LogP contribution in [-0.2, 0) is 14.9 Å². The van der Waals surface area contributed by atoms with Crippen LogP contribution in [0.15, 0.2) is 84.9 Å². The van der Waals surface area contributed by atoms with Crippen LogP contribution < -0.4 is 0 Å². The molecule has 0 saturated carbocycles. The van der Waals surface area contributed by atoms with Crippen molar-refractivity contribution in [3.8, 4) is 0 Å². The molecule has 0 aliphatic carbocycles. The molecule has 4 nitrogen and oxygen atoms in total. The Balaban J connectivity index is 1.28. The molecule has 4 heteroatoms. The fourth-order valence-electron chi connectivity index (χ4n) is 5.62. The lowest BCUT2D eigenvalue weighted by atomic mass is 9.76. The molecule has 4 rings (SSSR count). The van der Waals surface area contributed by atoms with E-state index in [1.165, 1.54) is 31.1 Å². The van der Waals surface area contributed by atoms with Crippen LogP contribution in [-0.4, -0.2) is 43.4 Å². The largest absolute Gasteiger partial charge is 0.468 e. The Kier molecular flexibility index (Phi) is 8.94. The van der Waals surface area contributed by atoms with Gasteiger partial charge in [0.25, 0.3) is 0 Å². The number of ketones is 1. The van der Waals surface area contributed by atoms with Crippen molar-refractivity contribution in [2.75, 3.05) is 26.7 Å². The van der Waals surface area contributed by atoms with Crippen molar-refractivity contribution in [2.45, 2.75) is 50.9 Å². The van der Waals surface area contributed by atoms with Gasteiger partial charge in [-0.25, -0.2) is 0 Å². The second kappa shape index (κ2) is 12.3. The number of Topliss-reactive ketones (excluding diaryl/α,β-unsaturated/α-hetero) is 1. The summed E-state index contributed by atoms with van der Waals surface area (Å²) in [6.07, 6.45) is 3.73. The van der Waals surface area contributed by atoms with E-state index in [0.29, 0.717) is 23.8 Å². The quantitative estimate of drug-likeness (QED) is 0.233. The van der Waals surface area contributed by atoms with Crippen LogP contribution in [0.25, 0.3) is 0 Å². The van der Waals surface area contributed by atoms with Crippen molar-refractivity contribution in [2.24, 2.45) is 5.92 Å². The Hall–Kier alpha value is -3.24. The molecule has 0 aromatic heterocycles. The molecule has 0 N–H and O–H groups in total. The van der Waals surface area contributed by atoms with E-state index in [-0.39, 0.29) is 11.8 Å². The highest BCUT2D eigenvalue weighted by Gasteiger charge is 2.31. The van der Waals surface area contributed by atoms with E-state index in [0.717, 1.165) is 31.6 Å². The first-order valence-electron chi connectivity index (χ1n) is 13.4. The fourth-order valence-corrected chi connectivity index (χ4v) is 5.62. The molecule has 0 spiro atoms. The zero-order chi connectivity index (χ0) is 26.3. The summed E-state index contributed by atoms with van der Waals surface area (Å²) < 4.78 is 4.91. The number of nitrogens with zero attached hydrogens (tertiary/aromatic N) is 1. The number of hydrogen-bond acceptors (Lipinski definition) is 4. The van der Waals surface area contributed by atoms with Crippen molar-refractivity contribution >= 4 is 11.8 Å². The number of methoxy groups -OCH3 is 1. The molecule has 3 aromatic carbocycles. The standard InChI is InChI=1S/C33H39NO3/c1-33(2,32(36)37-3)29-18-16-25(17-19-29)30(35)15-10-22-34-23-20-28(21-24-34)31(26-11-6-4-7-12-26)27-13-8-5-9-14-27/h4-9,11-14,16-19,28,31H,10,15,20-24H2,1-3H3. The second-order valence-electron chi connectivity index (χ2n) is 10.7. The third kappa shape index (κ3) is 6.56. The Bertz CT molecular complexity index is 1110. The highest BCUT2D eigenvalue weighted by atomic mass is 16.5. The number of piperidine rings is 1. The van der Waals surface area contributed by atoms with E-state index in [1.807, 2.05) is 38.1 Å².